The lowest BCUT2D eigenvalue weighted by Crippen LogP contribution is -2.36. The summed E-state index contributed by atoms with van der Waals surface area (Å²) >= 11 is 7.43. The summed E-state index contributed by atoms with van der Waals surface area (Å²) in [4.78, 5) is 40.0. The summed E-state index contributed by atoms with van der Waals surface area (Å²) in [6, 6.07) is 6.60. The van der Waals surface area contributed by atoms with Crippen molar-refractivity contribution in [1.29, 1.82) is 0 Å². The van der Waals surface area contributed by atoms with Crippen LogP contribution in [0.25, 0.3) is 5.57 Å². The number of hydrogen-bond acceptors (Lipinski definition) is 7. The Morgan fingerprint density at radius 1 is 1.39 bits per heavy atom. The Morgan fingerprint density at radius 3 is 2.89 bits per heavy atom. The van der Waals surface area contributed by atoms with Gasteiger partial charge in [0.2, 0.25) is 0 Å². The molecule has 1 fully saturated rings. The number of H-pyrrole nitrogens is 1. The van der Waals surface area contributed by atoms with E-state index in [-0.39, 0.29) is 12.1 Å². The third-order valence-electron chi connectivity index (χ3n) is 7.25. The number of aliphatic imine (C=N–C) groups is 1. The molecule has 2 aliphatic rings. The predicted octanol–water partition coefficient (Wildman–Crippen LogP) is 4.61. The van der Waals surface area contributed by atoms with E-state index in [1.54, 1.807) is 30.5 Å². The van der Waals surface area contributed by atoms with Gasteiger partial charge in [-0.05, 0) is 79.7 Å². The van der Waals surface area contributed by atoms with Gasteiger partial charge in [-0.15, -0.1) is 0 Å². The molecule has 3 heterocycles. The van der Waals surface area contributed by atoms with Crippen LogP contribution in [0, 0.1) is 0 Å². The largest absolute Gasteiger partial charge is 0.378 e. The molecule has 0 unspecified atom stereocenters. The quantitative estimate of drug-likeness (QED) is 0.330. The van der Waals surface area contributed by atoms with Gasteiger partial charge in [-0.2, -0.15) is 0 Å². The smallest absolute Gasteiger partial charge is 0.256 e. The minimum atomic E-state index is -1.36. The second kappa shape index (κ2) is 10.8. The van der Waals surface area contributed by atoms with E-state index in [9.17, 15) is 14.7 Å². The highest BCUT2D eigenvalue weighted by atomic mass is 35.5. The van der Waals surface area contributed by atoms with Gasteiger partial charge >= 0.3 is 0 Å². The van der Waals surface area contributed by atoms with Gasteiger partial charge in [0.1, 0.15) is 5.82 Å². The average Bonchev–Trinajstić information content (AvgIpc) is 3.59. The summed E-state index contributed by atoms with van der Waals surface area (Å²) < 4.78 is 4.19. The fourth-order valence-electron chi connectivity index (χ4n) is 4.93. The molecule has 5 rings (SSSR count). The third kappa shape index (κ3) is 5.14. The molecule has 1 atom stereocenters. The van der Waals surface area contributed by atoms with Gasteiger partial charge in [0.05, 0.1) is 23.2 Å². The molecular weight excluding hydrogens is 522 g/mol. The fourth-order valence-corrected chi connectivity index (χ4v) is 5.72. The number of nitrogens with zero attached hydrogens (tertiary/aromatic N) is 4. The van der Waals surface area contributed by atoms with Crippen LogP contribution in [0.1, 0.15) is 60.5 Å². The van der Waals surface area contributed by atoms with Crippen LogP contribution in [0.2, 0.25) is 5.02 Å². The standard InChI is InChI=1S/C28H28ClN5O3S/c1-17(19-13-31-38-16-19)11-20(14-30-2)28(8-9-28)27-32-23-7-4-10-34(15-22(23)25(36)33-27)26(37)24(35)18-5-3-6-21(29)12-18/h3,5-6,11-14,16,24,35H,2,4,7-10,15H2,1H3,(H,32,33,36)/b17-11+,20-14+/t24-/m1/s1. The molecule has 1 saturated carbocycles. The van der Waals surface area contributed by atoms with Gasteiger partial charge in [0, 0.05) is 34.9 Å². The number of aromatic nitrogens is 3. The summed E-state index contributed by atoms with van der Waals surface area (Å²) in [5, 5.41) is 13.1. The summed E-state index contributed by atoms with van der Waals surface area (Å²) in [6.45, 7) is 6.17. The van der Waals surface area contributed by atoms with E-state index in [0.29, 0.717) is 47.1 Å². The fraction of sp³-hybridized carbons (Fsp3) is 0.321. The summed E-state index contributed by atoms with van der Waals surface area (Å²) in [5.41, 5.74) is 3.88. The van der Waals surface area contributed by atoms with Crippen molar-refractivity contribution in [3.63, 3.8) is 0 Å². The topological polar surface area (TPSA) is 112 Å². The van der Waals surface area contributed by atoms with Crippen molar-refractivity contribution in [1.82, 2.24) is 19.2 Å². The summed E-state index contributed by atoms with van der Waals surface area (Å²) in [6.07, 6.45) is 7.13. The number of aromatic amines is 1. The third-order valence-corrected chi connectivity index (χ3v) is 8.07. The number of allylic oxidation sites excluding steroid dienone is 3. The molecule has 1 amide bonds. The van der Waals surface area contributed by atoms with Crippen molar-refractivity contribution < 1.29 is 9.90 Å². The Morgan fingerprint density at radius 2 is 2.21 bits per heavy atom. The van der Waals surface area contributed by atoms with E-state index in [1.807, 2.05) is 18.5 Å². The Hall–Kier alpha value is -3.40. The highest BCUT2D eigenvalue weighted by Crippen LogP contribution is 2.53. The van der Waals surface area contributed by atoms with Crippen LogP contribution < -0.4 is 5.56 Å². The van der Waals surface area contributed by atoms with Crippen LogP contribution in [-0.2, 0) is 23.2 Å². The van der Waals surface area contributed by atoms with Crippen molar-refractivity contribution in [3.05, 3.63) is 97.3 Å². The van der Waals surface area contributed by atoms with Crippen LogP contribution in [0.15, 0.2) is 63.5 Å². The van der Waals surface area contributed by atoms with Gasteiger partial charge in [0.15, 0.2) is 6.10 Å². The normalized spacial score (nSPS) is 17.9. The molecule has 1 aromatic carbocycles. The maximum absolute atomic E-state index is 13.4. The molecule has 1 aliphatic heterocycles. The van der Waals surface area contributed by atoms with E-state index in [0.717, 1.165) is 29.6 Å². The first-order valence-corrected chi connectivity index (χ1v) is 13.6. The van der Waals surface area contributed by atoms with Crippen molar-refractivity contribution in [2.75, 3.05) is 6.54 Å². The first-order valence-electron chi connectivity index (χ1n) is 12.4. The van der Waals surface area contributed by atoms with E-state index >= 15 is 0 Å². The number of aliphatic hydroxyl groups excluding tert-OH is 1. The molecule has 0 radical (unpaired) electrons. The van der Waals surface area contributed by atoms with E-state index in [1.165, 1.54) is 16.4 Å². The second-order valence-corrected chi connectivity index (χ2v) is 10.8. The van der Waals surface area contributed by atoms with E-state index in [2.05, 4.69) is 27.1 Å². The average molecular weight is 550 g/mol. The predicted molar refractivity (Wildman–Crippen MR) is 149 cm³/mol. The number of halogens is 1. The maximum Gasteiger partial charge on any atom is 0.256 e. The highest BCUT2D eigenvalue weighted by molar-refractivity contribution is 7.03. The molecule has 0 saturated heterocycles. The minimum Gasteiger partial charge on any atom is -0.378 e. The number of carbonyl (C=O) groups excluding carboxylic acids is 1. The monoisotopic (exact) mass is 549 g/mol. The van der Waals surface area contributed by atoms with Crippen molar-refractivity contribution in [2.24, 2.45) is 4.99 Å². The Balaban J connectivity index is 1.43. The van der Waals surface area contributed by atoms with Gasteiger partial charge < -0.3 is 15.0 Å². The van der Waals surface area contributed by atoms with Crippen LogP contribution in [0.5, 0.6) is 0 Å². The number of aryl methyl sites for hydroxylation is 1. The van der Waals surface area contributed by atoms with Gasteiger partial charge in [-0.25, -0.2) is 9.36 Å². The van der Waals surface area contributed by atoms with Crippen LogP contribution in [0.3, 0.4) is 0 Å². The van der Waals surface area contributed by atoms with Gasteiger partial charge in [-0.1, -0.05) is 29.8 Å². The number of aliphatic hydroxyl groups is 1. The molecule has 10 heteroatoms. The number of nitrogens with one attached hydrogen (secondary N) is 1. The van der Waals surface area contributed by atoms with Crippen LogP contribution in [0.4, 0.5) is 0 Å². The molecule has 0 bridgehead atoms. The van der Waals surface area contributed by atoms with Gasteiger partial charge in [-0.3, -0.25) is 14.6 Å². The first-order chi connectivity index (χ1) is 18.3. The zero-order chi connectivity index (χ0) is 26.9. The van der Waals surface area contributed by atoms with Crippen molar-refractivity contribution in [2.45, 2.75) is 50.7 Å². The first kappa shape index (κ1) is 26.2. The van der Waals surface area contributed by atoms with E-state index < -0.39 is 17.4 Å². The number of benzene rings is 1. The van der Waals surface area contributed by atoms with Crippen LogP contribution >= 0.6 is 23.1 Å². The summed E-state index contributed by atoms with van der Waals surface area (Å²) in [7, 11) is 0. The Kier molecular flexibility index (Phi) is 7.43. The number of carbonyl (C=O) groups is 1. The number of fused-ring (bicyclic) bond motifs is 1. The highest BCUT2D eigenvalue weighted by Gasteiger charge is 2.49. The second-order valence-electron chi connectivity index (χ2n) is 9.75. The van der Waals surface area contributed by atoms with Crippen molar-refractivity contribution >= 4 is 41.3 Å². The lowest BCUT2D eigenvalue weighted by molar-refractivity contribution is -0.141. The number of rotatable bonds is 7. The number of amides is 1. The molecule has 3 aromatic rings. The molecule has 196 valence electrons. The van der Waals surface area contributed by atoms with E-state index in [4.69, 9.17) is 16.6 Å². The zero-order valence-electron chi connectivity index (χ0n) is 21.0. The maximum atomic E-state index is 13.4. The van der Waals surface area contributed by atoms with Crippen LogP contribution in [-0.4, -0.2) is 43.5 Å². The Labute approximate surface area is 229 Å². The lowest BCUT2D eigenvalue weighted by Gasteiger charge is -2.24. The molecule has 0 spiro atoms. The Bertz CT molecular complexity index is 1490. The lowest BCUT2D eigenvalue weighted by atomic mass is 9.92. The SMILES string of the molecule is C=N/C=C(\C=C(/C)c1cnsc1)C1(c2nc3c(c(=O)[nH]2)CN(C(=O)[C@H](O)c2cccc(Cl)c2)CCC3)CC1. The molecule has 38 heavy (non-hydrogen) atoms. The zero-order valence-corrected chi connectivity index (χ0v) is 22.6. The molecule has 2 N–H and O–H groups in total. The molecule has 1 aliphatic carbocycles. The summed E-state index contributed by atoms with van der Waals surface area (Å²) in [5.74, 6) is 0.149. The van der Waals surface area contributed by atoms with Gasteiger partial charge in [0.25, 0.3) is 11.5 Å². The molecular formula is C28H28ClN5O3S. The minimum absolute atomic E-state index is 0.0858. The van der Waals surface area contributed by atoms with Crippen molar-refractivity contribution in [3.8, 4) is 0 Å². The molecule has 2 aromatic heterocycles. The molecule has 8 nitrogen and oxygen atoms in total. The number of hydrogen-bond donors (Lipinski definition) is 2.